The molecule has 1 heterocycles. The van der Waals surface area contributed by atoms with E-state index in [1.165, 1.54) is 0 Å². The first-order valence-electron chi connectivity index (χ1n) is 6.60. The van der Waals surface area contributed by atoms with Crippen LogP contribution in [-0.4, -0.2) is 9.78 Å². The Morgan fingerprint density at radius 2 is 1.95 bits per heavy atom. The Balaban J connectivity index is 2.45. The van der Waals surface area contributed by atoms with Crippen molar-refractivity contribution < 1.29 is 0 Å². The lowest BCUT2D eigenvalue weighted by Gasteiger charge is -2.08. The minimum absolute atomic E-state index is 0.598. The maximum Gasteiger partial charge on any atom is 0.129 e. The van der Waals surface area contributed by atoms with Gasteiger partial charge in [0.25, 0.3) is 0 Å². The van der Waals surface area contributed by atoms with Gasteiger partial charge in [0.15, 0.2) is 0 Å². The van der Waals surface area contributed by atoms with E-state index in [4.69, 9.17) is 17.3 Å². The van der Waals surface area contributed by atoms with E-state index in [9.17, 15) is 0 Å². The van der Waals surface area contributed by atoms with Gasteiger partial charge in [0.2, 0.25) is 0 Å². The largest absolute Gasteiger partial charge is 0.383 e. The molecule has 0 fully saturated rings. The Morgan fingerprint density at radius 3 is 2.53 bits per heavy atom. The molecule has 1 atom stereocenters. The number of nitrogen functional groups attached to an aromatic ring is 1. The molecule has 4 heteroatoms. The van der Waals surface area contributed by atoms with Crippen LogP contribution < -0.4 is 5.73 Å². The number of aryl methyl sites for hydroxylation is 1. The fourth-order valence-corrected chi connectivity index (χ4v) is 2.27. The highest BCUT2D eigenvalue weighted by Crippen LogP contribution is 2.31. The summed E-state index contributed by atoms with van der Waals surface area (Å²) in [7, 11) is 1.88. The molecule has 0 bridgehead atoms. The predicted octanol–water partition coefficient (Wildman–Crippen LogP) is 3.91. The second-order valence-electron chi connectivity index (χ2n) is 5.05. The van der Waals surface area contributed by atoms with Gasteiger partial charge in [-0.3, -0.25) is 4.68 Å². The molecule has 0 amide bonds. The molecule has 0 aliphatic rings. The molecule has 3 nitrogen and oxygen atoms in total. The van der Waals surface area contributed by atoms with E-state index in [2.05, 4.69) is 18.9 Å². The standard InChI is InChI=1S/C15H20ClN3/c1-4-10(2)9-13-14(15(17)19(3)18-13)11-5-7-12(16)8-6-11/h5-8,10H,4,9,17H2,1-3H3. The van der Waals surface area contributed by atoms with Crippen LogP contribution in [0.2, 0.25) is 5.02 Å². The fourth-order valence-electron chi connectivity index (χ4n) is 2.14. The van der Waals surface area contributed by atoms with Gasteiger partial charge < -0.3 is 5.73 Å². The molecule has 0 aliphatic heterocycles. The van der Waals surface area contributed by atoms with Crippen LogP contribution in [0.1, 0.15) is 26.0 Å². The summed E-state index contributed by atoms with van der Waals surface area (Å²) < 4.78 is 1.75. The Bertz CT molecular complexity index is 558. The van der Waals surface area contributed by atoms with Crippen LogP contribution in [0.3, 0.4) is 0 Å². The van der Waals surface area contributed by atoms with Crippen molar-refractivity contribution in [3.8, 4) is 11.1 Å². The zero-order chi connectivity index (χ0) is 14.0. The van der Waals surface area contributed by atoms with E-state index in [0.29, 0.717) is 11.7 Å². The third-order valence-corrected chi connectivity index (χ3v) is 3.79. The van der Waals surface area contributed by atoms with Gasteiger partial charge >= 0.3 is 0 Å². The monoisotopic (exact) mass is 277 g/mol. The van der Waals surface area contributed by atoms with Crippen molar-refractivity contribution in [2.24, 2.45) is 13.0 Å². The van der Waals surface area contributed by atoms with Crippen LogP contribution in [0.5, 0.6) is 0 Å². The van der Waals surface area contributed by atoms with E-state index in [1.54, 1.807) is 4.68 Å². The smallest absolute Gasteiger partial charge is 0.129 e. The third-order valence-electron chi connectivity index (χ3n) is 3.54. The lowest BCUT2D eigenvalue weighted by molar-refractivity contribution is 0.547. The van der Waals surface area contributed by atoms with Crippen molar-refractivity contribution in [1.82, 2.24) is 9.78 Å². The molecule has 0 radical (unpaired) electrons. The number of hydrogen-bond donors (Lipinski definition) is 1. The quantitative estimate of drug-likeness (QED) is 0.921. The third kappa shape index (κ3) is 2.92. The number of nitrogens with zero attached hydrogens (tertiary/aromatic N) is 2. The number of hydrogen-bond acceptors (Lipinski definition) is 2. The average Bonchev–Trinajstić information content (AvgIpc) is 2.66. The first-order chi connectivity index (χ1) is 9.02. The first kappa shape index (κ1) is 13.9. The van der Waals surface area contributed by atoms with E-state index < -0.39 is 0 Å². The Hall–Kier alpha value is -1.48. The van der Waals surface area contributed by atoms with Gasteiger partial charge in [-0.25, -0.2) is 0 Å². The summed E-state index contributed by atoms with van der Waals surface area (Å²) in [6.45, 7) is 4.43. The highest BCUT2D eigenvalue weighted by Gasteiger charge is 2.17. The van der Waals surface area contributed by atoms with Crippen molar-refractivity contribution in [1.29, 1.82) is 0 Å². The molecular formula is C15H20ClN3. The van der Waals surface area contributed by atoms with Crippen molar-refractivity contribution in [2.75, 3.05) is 5.73 Å². The molecule has 1 aromatic heterocycles. The fraction of sp³-hybridized carbons (Fsp3) is 0.400. The molecule has 0 saturated heterocycles. The van der Waals surface area contributed by atoms with Crippen molar-refractivity contribution in [3.63, 3.8) is 0 Å². The number of anilines is 1. The Kier molecular flexibility index (Phi) is 4.15. The summed E-state index contributed by atoms with van der Waals surface area (Å²) in [6.07, 6.45) is 2.08. The molecule has 1 unspecified atom stereocenters. The molecule has 19 heavy (non-hydrogen) atoms. The van der Waals surface area contributed by atoms with Crippen LogP contribution in [-0.2, 0) is 13.5 Å². The zero-order valence-corrected chi connectivity index (χ0v) is 12.4. The molecule has 2 N–H and O–H groups in total. The summed E-state index contributed by atoms with van der Waals surface area (Å²) in [5.41, 5.74) is 9.34. The number of halogens is 1. The summed E-state index contributed by atoms with van der Waals surface area (Å²) >= 11 is 5.94. The van der Waals surface area contributed by atoms with E-state index in [-0.39, 0.29) is 0 Å². The van der Waals surface area contributed by atoms with Gasteiger partial charge in [0.1, 0.15) is 5.82 Å². The van der Waals surface area contributed by atoms with Crippen molar-refractivity contribution >= 4 is 17.4 Å². The maximum atomic E-state index is 6.16. The van der Waals surface area contributed by atoms with Crippen LogP contribution in [0.15, 0.2) is 24.3 Å². The summed E-state index contributed by atoms with van der Waals surface area (Å²) in [5.74, 6) is 1.31. The molecular weight excluding hydrogens is 258 g/mol. The van der Waals surface area contributed by atoms with Gasteiger partial charge in [-0.05, 0) is 30.0 Å². The molecule has 2 aromatic rings. The maximum absolute atomic E-state index is 6.16. The molecule has 0 aliphatic carbocycles. The molecule has 0 spiro atoms. The molecule has 0 saturated carbocycles. The van der Waals surface area contributed by atoms with Crippen LogP contribution in [0, 0.1) is 5.92 Å². The van der Waals surface area contributed by atoms with Crippen LogP contribution in [0.25, 0.3) is 11.1 Å². The Labute approximate surface area is 119 Å². The topological polar surface area (TPSA) is 43.8 Å². The molecule has 102 valence electrons. The van der Waals surface area contributed by atoms with Crippen LogP contribution in [0.4, 0.5) is 5.82 Å². The summed E-state index contributed by atoms with van der Waals surface area (Å²) in [5, 5.41) is 5.29. The first-order valence-corrected chi connectivity index (χ1v) is 6.98. The minimum atomic E-state index is 0.598. The van der Waals surface area contributed by atoms with Crippen LogP contribution >= 0.6 is 11.6 Å². The SMILES string of the molecule is CCC(C)Cc1nn(C)c(N)c1-c1ccc(Cl)cc1. The summed E-state index contributed by atoms with van der Waals surface area (Å²) in [6, 6.07) is 7.76. The van der Waals surface area contributed by atoms with E-state index in [1.807, 2.05) is 31.3 Å². The number of aromatic nitrogens is 2. The number of nitrogens with two attached hydrogens (primary N) is 1. The Morgan fingerprint density at radius 1 is 1.32 bits per heavy atom. The lowest BCUT2D eigenvalue weighted by Crippen LogP contribution is -2.00. The number of rotatable bonds is 4. The number of benzene rings is 1. The highest BCUT2D eigenvalue weighted by molar-refractivity contribution is 6.30. The van der Waals surface area contributed by atoms with Gasteiger partial charge in [-0.15, -0.1) is 0 Å². The van der Waals surface area contributed by atoms with E-state index in [0.717, 1.165) is 34.7 Å². The second kappa shape index (κ2) is 5.66. The van der Waals surface area contributed by atoms with Gasteiger partial charge in [0, 0.05) is 17.6 Å². The van der Waals surface area contributed by atoms with Gasteiger partial charge in [-0.1, -0.05) is 44.0 Å². The van der Waals surface area contributed by atoms with Gasteiger partial charge in [0.05, 0.1) is 5.69 Å². The molecule has 1 aromatic carbocycles. The van der Waals surface area contributed by atoms with E-state index >= 15 is 0 Å². The minimum Gasteiger partial charge on any atom is -0.383 e. The second-order valence-corrected chi connectivity index (χ2v) is 5.49. The lowest BCUT2D eigenvalue weighted by atomic mass is 9.97. The average molecular weight is 278 g/mol. The summed E-state index contributed by atoms with van der Waals surface area (Å²) in [4.78, 5) is 0. The van der Waals surface area contributed by atoms with Crippen molar-refractivity contribution in [2.45, 2.75) is 26.7 Å². The normalized spacial score (nSPS) is 12.6. The predicted molar refractivity (Wildman–Crippen MR) is 81.2 cm³/mol. The highest BCUT2D eigenvalue weighted by atomic mass is 35.5. The van der Waals surface area contributed by atoms with Crippen molar-refractivity contribution in [3.05, 3.63) is 35.0 Å². The van der Waals surface area contributed by atoms with Gasteiger partial charge in [-0.2, -0.15) is 5.10 Å². The zero-order valence-electron chi connectivity index (χ0n) is 11.7. The molecule has 2 rings (SSSR count).